The second-order valence-corrected chi connectivity index (χ2v) is 2.77. The molecule has 0 amide bonds. The Kier molecular flexibility index (Phi) is 1.69. The van der Waals surface area contributed by atoms with Crippen LogP contribution in [0.2, 0.25) is 6.55 Å². The van der Waals surface area contributed by atoms with Crippen molar-refractivity contribution in [1.82, 2.24) is 0 Å². The topological polar surface area (TPSA) is 29.8 Å². The molecule has 0 aromatic heterocycles. The number of carbonyl (C=O) groups excluding carboxylic acids is 1. The van der Waals surface area contributed by atoms with Gasteiger partial charge in [-0.05, 0) is 0 Å². The summed E-state index contributed by atoms with van der Waals surface area (Å²) in [7, 11) is -0.229. The SMILES string of the molecule is C[SiH2]C1=CC=[O+]OO1. The minimum absolute atomic E-state index is 0.229. The molecule has 3 nitrogen and oxygen atoms in total. The van der Waals surface area contributed by atoms with E-state index in [0.29, 0.717) is 0 Å². The molecule has 0 fully saturated rings. The molecule has 44 valence electrons. The van der Waals surface area contributed by atoms with Crippen molar-refractivity contribution in [2.24, 2.45) is 0 Å². The van der Waals surface area contributed by atoms with E-state index in [9.17, 15) is 0 Å². The van der Waals surface area contributed by atoms with Gasteiger partial charge in [0.15, 0.2) is 0 Å². The summed E-state index contributed by atoms with van der Waals surface area (Å²) in [6.07, 6.45) is 3.24. The lowest BCUT2D eigenvalue weighted by atomic mass is 10.7. The number of rotatable bonds is 1. The zero-order valence-corrected chi connectivity index (χ0v) is 6.00. The predicted octanol–water partition coefficient (Wildman–Crippen LogP) is -0.344. The van der Waals surface area contributed by atoms with E-state index < -0.39 is 0 Å². The summed E-state index contributed by atoms with van der Waals surface area (Å²) in [5, 5.41) is 5.10. The zero-order chi connectivity index (χ0) is 5.82. The fourth-order valence-electron chi connectivity index (χ4n) is 0.394. The van der Waals surface area contributed by atoms with Crippen molar-refractivity contribution in [3.05, 3.63) is 11.5 Å². The van der Waals surface area contributed by atoms with Gasteiger partial charge in [-0.25, -0.2) is 4.89 Å². The molecule has 1 aliphatic rings. The molecule has 0 spiro atoms. The fraction of sp³-hybridized carbons (Fsp3) is 0.250. The van der Waals surface area contributed by atoms with Crippen molar-refractivity contribution in [2.75, 3.05) is 0 Å². The number of allylic oxidation sites excluding steroid dienone is 1. The van der Waals surface area contributed by atoms with E-state index >= 15 is 0 Å². The highest BCUT2D eigenvalue weighted by molar-refractivity contribution is 6.43. The predicted molar refractivity (Wildman–Crippen MR) is 30.7 cm³/mol. The number of aldehydes is 1. The molecule has 4 heteroatoms. The van der Waals surface area contributed by atoms with Crippen LogP contribution in [0.5, 0.6) is 0 Å². The molecule has 0 unspecified atom stereocenters. The molecule has 0 atom stereocenters. The van der Waals surface area contributed by atoms with Crippen molar-refractivity contribution in [3.8, 4) is 0 Å². The van der Waals surface area contributed by atoms with Crippen LogP contribution in [0.3, 0.4) is 0 Å². The molecule has 0 radical (unpaired) electrons. The van der Waals surface area contributed by atoms with E-state index in [1.807, 2.05) is 0 Å². The molecule has 8 heavy (non-hydrogen) atoms. The largest absolute Gasteiger partial charge is 0.406 e. The standard InChI is InChI=1S/C4H7O3Si/c1-8-4-2-3-5-7-6-4/h2-3H,8H2,1H3/q+1. The highest BCUT2D eigenvalue weighted by Gasteiger charge is 2.06. The van der Waals surface area contributed by atoms with E-state index in [4.69, 9.17) is 0 Å². The zero-order valence-electron chi connectivity index (χ0n) is 4.59. The molecule has 0 aliphatic carbocycles. The Bertz CT molecular complexity index is 129. The molecule has 0 aromatic carbocycles. The Balaban J connectivity index is 2.50. The van der Waals surface area contributed by atoms with Crippen molar-refractivity contribution in [1.29, 1.82) is 0 Å². The summed E-state index contributed by atoms with van der Waals surface area (Å²) in [5.74, 6) is 0. The number of hydrogen-bond acceptors (Lipinski definition) is 2. The van der Waals surface area contributed by atoms with Crippen LogP contribution in [0.15, 0.2) is 11.5 Å². The van der Waals surface area contributed by atoms with Gasteiger partial charge in [-0.1, -0.05) is 6.55 Å². The van der Waals surface area contributed by atoms with Gasteiger partial charge in [0.05, 0.1) is 10.7 Å². The lowest BCUT2D eigenvalue weighted by Crippen LogP contribution is -2.03. The van der Waals surface area contributed by atoms with E-state index in [2.05, 4.69) is 21.0 Å². The van der Waals surface area contributed by atoms with Gasteiger partial charge < -0.3 is 0 Å². The normalized spacial score (nSPS) is 17.9. The van der Waals surface area contributed by atoms with Crippen molar-refractivity contribution >= 4 is 15.8 Å². The van der Waals surface area contributed by atoms with Crippen LogP contribution in [0.25, 0.3) is 0 Å². The molecule has 0 N–H and O–H groups in total. The van der Waals surface area contributed by atoms with Crippen LogP contribution in [0, 0.1) is 0 Å². The first kappa shape index (κ1) is 5.37. The second-order valence-electron chi connectivity index (χ2n) is 1.37. The average Bonchev–Trinajstić information content (AvgIpc) is 1.90. The molecule has 0 aromatic rings. The third-order valence-electron chi connectivity index (χ3n) is 0.838. The molecule has 0 saturated carbocycles. The van der Waals surface area contributed by atoms with Crippen molar-refractivity contribution in [3.63, 3.8) is 0 Å². The Morgan fingerprint density at radius 1 is 1.75 bits per heavy atom. The van der Waals surface area contributed by atoms with Gasteiger partial charge in [0.2, 0.25) is 0 Å². The van der Waals surface area contributed by atoms with Crippen LogP contribution in [-0.4, -0.2) is 15.8 Å². The molecule has 1 rings (SSSR count). The molecule has 0 saturated heterocycles. The minimum Gasteiger partial charge on any atom is -0.222 e. The Morgan fingerprint density at radius 2 is 2.62 bits per heavy atom. The molecule has 0 bridgehead atoms. The van der Waals surface area contributed by atoms with E-state index in [-0.39, 0.29) is 9.52 Å². The summed E-state index contributed by atoms with van der Waals surface area (Å²) >= 11 is 0. The third kappa shape index (κ3) is 1.10. The van der Waals surface area contributed by atoms with Gasteiger partial charge in [0.25, 0.3) is 0 Å². The summed E-state index contributed by atoms with van der Waals surface area (Å²) in [4.78, 5) is 4.60. The first-order valence-electron chi connectivity index (χ1n) is 2.46. The average molecular weight is 131 g/mol. The van der Waals surface area contributed by atoms with Crippen LogP contribution in [-0.2, 0) is 14.5 Å². The lowest BCUT2D eigenvalue weighted by molar-refractivity contribution is -0.843. The maximum absolute atomic E-state index is 4.60. The quantitative estimate of drug-likeness (QED) is 0.211. The molecule has 1 aliphatic heterocycles. The van der Waals surface area contributed by atoms with E-state index in [1.54, 1.807) is 6.08 Å². The summed E-state index contributed by atoms with van der Waals surface area (Å²) in [5.41, 5.74) is 0. The van der Waals surface area contributed by atoms with Gasteiger partial charge in [0.1, 0.15) is 19.9 Å². The monoisotopic (exact) mass is 131 g/mol. The Labute approximate surface area is 49.3 Å². The van der Waals surface area contributed by atoms with Crippen molar-refractivity contribution < 1.29 is 14.5 Å². The molecule has 1 heterocycles. The second kappa shape index (κ2) is 2.51. The van der Waals surface area contributed by atoms with Gasteiger partial charge in [-0.3, -0.25) is 0 Å². The van der Waals surface area contributed by atoms with E-state index in [0.717, 1.165) is 5.38 Å². The van der Waals surface area contributed by atoms with Crippen LogP contribution >= 0.6 is 0 Å². The van der Waals surface area contributed by atoms with Crippen LogP contribution in [0.1, 0.15) is 0 Å². The Hall–Kier alpha value is -0.773. The van der Waals surface area contributed by atoms with Gasteiger partial charge in [0, 0.05) is 0 Å². The maximum atomic E-state index is 4.60. The minimum atomic E-state index is -0.229. The highest BCUT2D eigenvalue weighted by atomic mass is 28.2. The highest BCUT2D eigenvalue weighted by Crippen LogP contribution is 1.96. The molecular weight excluding hydrogens is 124 g/mol. The third-order valence-corrected chi connectivity index (χ3v) is 1.89. The maximum Gasteiger partial charge on any atom is 0.406 e. The first-order chi connectivity index (χ1) is 3.93. The molecular formula is C4H7O3Si+. The number of hydrogen-bond donors (Lipinski definition) is 0. The summed E-state index contributed by atoms with van der Waals surface area (Å²) in [6, 6.07) is 0. The fourth-order valence-corrected chi connectivity index (χ4v) is 0.892. The summed E-state index contributed by atoms with van der Waals surface area (Å²) in [6.45, 7) is 2.11. The van der Waals surface area contributed by atoms with Crippen LogP contribution in [0.4, 0.5) is 0 Å². The van der Waals surface area contributed by atoms with Gasteiger partial charge in [-0.15, -0.1) is 0 Å². The first-order valence-corrected chi connectivity index (χ1v) is 4.58. The summed E-state index contributed by atoms with van der Waals surface area (Å²) < 4.78 is 4.30. The van der Waals surface area contributed by atoms with Crippen LogP contribution < -0.4 is 0 Å². The Morgan fingerprint density at radius 3 is 3.00 bits per heavy atom. The van der Waals surface area contributed by atoms with E-state index in [1.165, 1.54) is 6.29 Å². The van der Waals surface area contributed by atoms with Gasteiger partial charge >= 0.3 is 6.29 Å². The van der Waals surface area contributed by atoms with Crippen molar-refractivity contribution in [2.45, 2.75) is 6.55 Å². The lowest BCUT2D eigenvalue weighted by Gasteiger charge is -1.93. The smallest absolute Gasteiger partial charge is 0.222 e. The van der Waals surface area contributed by atoms with Gasteiger partial charge in [-0.2, -0.15) is 0 Å².